The topological polar surface area (TPSA) is 172 Å². The summed E-state index contributed by atoms with van der Waals surface area (Å²) in [4.78, 5) is 45.7. The number of aromatic nitrogens is 1. The number of carbonyl (C=O) groups excluding carboxylic acids is 3. The Morgan fingerprint density at radius 1 is 1.02 bits per heavy atom. The molecule has 2 aliphatic rings. The number of H-pyrrole nitrogens is 1. The maximum atomic E-state index is 14.2. The van der Waals surface area contributed by atoms with Crippen molar-refractivity contribution in [3.8, 4) is 17.2 Å². The average molecular weight is 664 g/mol. The van der Waals surface area contributed by atoms with Gasteiger partial charge in [0, 0.05) is 36.5 Å². The number of hydrogen-bond donors (Lipinski definition) is 6. The third kappa shape index (κ3) is 7.26. The van der Waals surface area contributed by atoms with Gasteiger partial charge in [0.15, 0.2) is 11.5 Å². The number of benzene rings is 2. The molecule has 5 unspecified atom stereocenters. The summed E-state index contributed by atoms with van der Waals surface area (Å²) in [5, 5.41) is 43.7. The van der Waals surface area contributed by atoms with Crippen LogP contribution in [0.1, 0.15) is 77.8 Å². The van der Waals surface area contributed by atoms with Crippen LogP contribution in [0, 0.1) is 16.7 Å². The van der Waals surface area contributed by atoms with Crippen molar-refractivity contribution in [1.29, 1.82) is 0 Å². The Bertz CT molecular complexity index is 1660. The molecular weight excluding hydrogens is 614 g/mol. The van der Waals surface area contributed by atoms with Crippen molar-refractivity contribution in [2.45, 2.75) is 104 Å². The van der Waals surface area contributed by atoms with Crippen LogP contribution in [0.2, 0.25) is 0 Å². The molecule has 5 rings (SSSR count). The highest BCUT2D eigenvalue weighted by Gasteiger charge is 2.49. The van der Waals surface area contributed by atoms with E-state index < -0.39 is 36.0 Å². The molecule has 0 radical (unpaired) electrons. The minimum Gasteiger partial charge on any atom is -0.508 e. The lowest BCUT2D eigenvalue weighted by atomic mass is 9.66. The first-order valence-corrected chi connectivity index (χ1v) is 16.9. The van der Waals surface area contributed by atoms with Crippen molar-refractivity contribution < 1.29 is 39.5 Å². The zero-order valence-electron chi connectivity index (χ0n) is 28.5. The first-order valence-electron chi connectivity index (χ1n) is 16.9. The SMILES string of the molecule is CC(CC1CCC(C)(C)C1(C)C)OC(=O)C1CCCN1C(=O)C(Cc1c[nH]c2ccc(O)cc12)NC(=O)C(O)Cc1ccc(O)c(O)c1. The second kappa shape index (κ2) is 13.7. The number of fused-ring (bicyclic) bond motifs is 1. The van der Waals surface area contributed by atoms with Gasteiger partial charge in [-0.1, -0.05) is 33.8 Å². The second-order valence-corrected chi connectivity index (χ2v) is 14.9. The van der Waals surface area contributed by atoms with Gasteiger partial charge in [-0.3, -0.25) is 9.59 Å². The lowest BCUT2D eigenvalue weighted by molar-refractivity contribution is -0.159. The fourth-order valence-corrected chi connectivity index (χ4v) is 7.42. The first-order chi connectivity index (χ1) is 22.6. The number of aromatic amines is 1. The molecule has 260 valence electrons. The molecule has 1 aliphatic carbocycles. The van der Waals surface area contributed by atoms with Gasteiger partial charge in [0.05, 0.1) is 6.10 Å². The van der Waals surface area contributed by atoms with E-state index in [4.69, 9.17) is 4.74 Å². The Kier molecular flexibility index (Phi) is 10.0. The summed E-state index contributed by atoms with van der Waals surface area (Å²) in [6.07, 6.45) is 3.63. The zero-order chi connectivity index (χ0) is 35.0. The summed E-state index contributed by atoms with van der Waals surface area (Å²) in [5.74, 6) is -2.00. The predicted molar refractivity (Wildman–Crippen MR) is 180 cm³/mol. The third-order valence-electron chi connectivity index (χ3n) is 11.2. The summed E-state index contributed by atoms with van der Waals surface area (Å²) in [7, 11) is 0. The maximum Gasteiger partial charge on any atom is 0.329 e. The molecule has 3 aromatic rings. The van der Waals surface area contributed by atoms with Crippen LogP contribution in [0.25, 0.3) is 10.9 Å². The van der Waals surface area contributed by atoms with E-state index in [0.29, 0.717) is 41.8 Å². The number of amides is 2. The van der Waals surface area contributed by atoms with Crippen molar-refractivity contribution >= 4 is 28.7 Å². The number of esters is 1. The van der Waals surface area contributed by atoms with E-state index in [1.54, 1.807) is 24.4 Å². The first kappa shape index (κ1) is 35.1. The number of likely N-dealkylation sites (tertiary alicyclic amines) is 1. The fourth-order valence-electron chi connectivity index (χ4n) is 7.42. The molecule has 11 nitrogen and oxygen atoms in total. The summed E-state index contributed by atoms with van der Waals surface area (Å²) in [6, 6.07) is 6.87. The van der Waals surface area contributed by atoms with Crippen molar-refractivity contribution in [1.82, 2.24) is 15.2 Å². The van der Waals surface area contributed by atoms with E-state index >= 15 is 0 Å². The Hall–Kier alpha value is -4.25. The monoisotopic (exact) mass is 663 g/mol. The molecule has 2 heterocycles. The predicted octanol–water partition coefficient (Wildman–Crippen LogP) is 4.69. The number of aromatic hydroxyl groups is 3. The quantitative estimate of drug-likeness (QED) is 0.127. The second-order valence-electron chi connectivity index (χ2n) is 14.9. The van der Waals surface area contributed by atoms with Gasteiger partial charge in [-0.15, -0.1) is 0 Å². The van der Waals surface area contributed by atoms with Gasteiger partial charge in [-0.2, -0.15) is 0 Å². The average Bonchev–Trinajstić information content (AvgIpc) is 3.72. The molecule has 2 amide bonds. The highest BCUT2D eigenvalue weighted by molar-refractivity contribution is 5.93. The van der Waals surface area contributed by atoms with Crippen LogP contribution in [0.3, 0.4) is 0 Å². The summed E-state index contributed by atoms with van der Waals surface area (Å²) >= 11 is 0. The number of phenolic OH excluding ortho intramolecular Hbond substituents is 3. The number of nitrogens with zero attached hydrogens (tertiary/aromatic N) is 1. The van der Waals surface area contributed by atoms with Gasteiger partial charge in [0.25, 0.3) is 0 Å². The van der Waals surface area contributed by atoms with Crippen molar-refractivity contribution in [3.05, 3.63) is 53.7 Å². The fraction of sp³-hybridized carbons (Fsp3) is 0.541. The molecule has 0 bridgehead atoms. The molecule has 0 spiro atoms. The van der Waals surface area contributed by atoms with Gasteiger partial charge < -0.3 is 40.4 Å². The Morgan fingerprint density at radius 3 is 2.46 bits per heavy atom. The van der Waals surface area contributed by atoms with E-state index in [2.05, 4.69) is 38.0 Å². The summed E-state index contributed by atoms with van der Waals surface area (Å²) in [6.45, 7) is 11.4. The van der Waals surface area contributed by atoms with E-state index in [9.17, 15) is 34.8 Å². The summed E-state index contributed by atoms with van der Waals surface area (Å²) in [5.41, 5.74) is 2.09. The zero-order valence-corrected chi connectivity index (χ0v) is 28.5. The van der Waals surface area contributed by atoms with E-state index in [-0.39, 0.29) is 47.0 Å². The number of aliphatic hydroxyl groups excluding tert-OH is 1. The van der Waals surface area contributed by atoms with Crippen LogP contribution >= 0.6 is 0 Å². The number of nitrogens with one attached hydrogen (secondary N) is 2. The number of phenols is 3. The van der Waals surface area contributed by atoms with Crippen LogP contribution in [0.4, 0.5) is 0 Å². The molecule has 1 aliphatic heterocycles. The maximum absolute atomic E-state index is 14.2. The van der Waals surface area contributed by atoms with E-state index in [1.165, 1.54) is 23.1 Å². The lowest BCUT2D eigenvalue weighted by Gasteiger charge is -2.40. The summed E-state index contributed by atoms with van der Waals surface area (Å²) < 4.78 is 5.97. The minimum absolute atomic E-state index is 0.0297. The largest absolute Gasteiger partial charge is 0.508 e. The normalized spacial score (nSPS) is 21.9. The van der Waals surface area contributed by atoms with Gasteiger partial charge in [-0.25, -0.2) is 4.79 Å². The Morgan fingerprint density at radius 2 is 1.77 bits per heavy atom. The van der Waals surface area contributed by atoms with Crippen LogP contribution in [0.5, 0.6) is 17.2 Å². The number of ether oxygens (including phenoxy) is 1. The number of rotatable bonds is 11. The van der Waals surface area contributed by atoms with E-state index in [0.717, 1.165) is 24.8 Å². The van der Waals surface area contributed by atoms with Crippen molar-refractivity contribution in [3.63, 3.8) is 0 Å². The van der Waals surface area contributed by atoms with Gasteiger partial charge in [0.2, 0.25) is 11.8 Å². The number of carbonyl (C=O) groups is 3. The molecular formula is C37H49N3O8. The highest BCUT2D eigenvalue weighted by atomic mass is 16.5. The highest BCUT2D eigenvalue weighted by Crippen LogP contribution is 2.57. The van der Waals surface area contributed by atoms with Crippen LogP contribution in [-0.2, 0) is 32.0 Å². The van der Waals surface area contributed by atoms with Gasteiger partial charge in [0.1, 0.15) is 23.9 Å². The number of hydrogen-bond acceptors (Lipinski definition) is 8. The van der Waals surface area contributed by atoms with Gasteiger partial charge in [-0.05, 0) is 97.2 Å². The van der Waals surface area contributed by atoms with E-state index in [1.807, 2.05) is 6.92 Å². The molecule has 1 saturated carbocycles. The van der Waals surface area contributed by atoms with Crippen molar-refractivity contribution in [2.75, 3.05) is 6.54 Å². The number of aliphatic hydroxyl groups is 1. The standard InChI is InChI=1S/C37H49N3O8/c1-21(15-24-12-13-36(2,3)37(24,4)5)48-35(47)29-7-6-14-40(29)34(46)28(18-23-20-38-27-10-9-25(41)19-26(23)27)39-33(45)32(44)17-22-8-11-30(42)31(43)16-22/h8-11,16,19-21,24,28-29,32,38,41-44H,6-7,12-15,17-18H2,1-5H3,(H,39,45). The molecule has 5 atom stereocenters. The molecule has 2 fully saturated rings. The molecule has 1 aromatic heterocycles. The van der Waals surface area contributed by atoms with Crippen LogP contribution in [-0.4, -0.2) is 78.9 Å². The molecule has 48 heavy (non-hydrogen) atoms. The lowest BCUT2D eigenvalue weighted by Crippen LogP contribution is -2.54. The molecule has 11 heteroatoms. The Labute approximate surface area is 281 Å². The molecule has 1 saturated heterocycles. The van der Waals surface area contributed by atoms with Crippen molar-refractivity contribution in [2.24, 2.45) is 16.7 Å². The smallest absolute Gasteiger partial charge is 0.329 e. The van der Waals surface area contributed by atoms with Crippen LogP contribution in [0.15, 0.2) is 42.6 Å². The Balaban J connectivity index is 1.32. The minimum atomic E-state index is -1.57. The van der Waals surface area contributed by atoms with Crippen LogP contribution < -0.4 is 5.32 Å². The third-order valence-corrected chi connectivity index (χ3v) is 11.2. The molecule has 2 aromatic carbocycles. The van der Waals surface area contributed by atoms with Gasteiger partial charge >= 0.3 is 5.97 Å². The molecule has 6 N–H and O–H groups in total.